The van der Waals surface area contributed by atoms with Gasteiger partial charge in [0, 0.05) is 12.6 Å². The van der Waals surface area contributed by atoms with Crippen molar-refractivity contribution in [1.29, 1.82) is 0 Å². The number of methoxy groups -OCH3 is 2. The van der Waals surface area contributed by atoms with E-state index in [1.54, 1.807) is 32.2 Å². The molecule has 1 amide bonds. The Morgan fingerprint density at radius 3 is 2.48 bits per heavy atom. The Labute approximate surface area is 148 Å². The Balaban J connectivity index is 1.94. The molecule has 2 N–H and O–H groups in total. The smallest absolute Gasteiger partial charge is 0.255 e. The fraction of sp³-hybridized carbons (Fsp3) is 0.350. The molecule has 25 heavy (non-hydrogen) atoms. The summed E-state index contributed by atoms with van der Waals surface area (Å²) in [7, 11) is 3.06. The zero-order valence-corrected chi connectivity index (χ0v) is 14.9. The quantitative estimate of drug-likeness (QED) is 0.773. The average Bonchev–Trinajstić information content (AvgIpc) is 2.65. The fourth-order valence-electron chi connectivity index (χ4n) is 2.50. The summed E-state index contributed by atoms with van der Waals surface area (Å²) in [5.74, 6) is 0.753. The molecular formula is C20H25NO4. The number of rotatable bonds is 8. The van der Waals surface area contributed by atoms with Crippen LogP contribution in [0.3, 0.4) is 0 Å². The number of hydrogen-bond donors (Lipinski definition) is 2. The molecule has 1 unspecified atom stereocenters. The van der Waals surface area contributed by atoms with Gasteiger partial charge in [0.05, 0.1) is 25.4 Å². The third-order valence-corrected chi connectivity index (χ3v) is 4.08. The average molecular weight is 343 g/mol. The summed E-state index contributed by atoms with van der Waals surface area (Å²) in [6, 6.07) is 15.0. The van der Waals surface area contributed by atoms with Crippen LogP contribution < -0.4 is 14.8 Å². The molecule has 2 aromatic rings. The van der Waals surface area contributed by atoms with Crippen LogP contribution in [0.25, 0.3) is 0 Å². The number of hydrogen-bond acceptors (Lipinski definition) is 4. The van der Waals surface area contributed by atoms with Crippen LogP contribution in [0.4, 0.5) is 0 Å². The van der Waals surface area contributed by atoms with Gasteiger partial charge in [-0.05, 0) is 37.5 Å². The first-order valence-corrected chi connectivity index (χ1v) is 8.22. The highest BCUT2D eigenvalue weighted by atomic mass is 16.5. The summed E-state index contributed by atoms with van der Waals surface area (Å²) in [5.41, 5.74) is 0.568. The SMILES string of the molecule is COc1ccc(C(=O)NCC(C)(O)CCc2ccccc2)c(OC)c1. The molecular weight excluding hydrogens is 318 g/mol. The predicted octanol–water partition coefficient (Wildman–Crippen LogP) is 2.82. The molecule has 2 aromatic carbocycles. The predicted molar refractivity (Wildman–Crippen MR) is 97.3 cm³/mol. The largest absolute Gasteiger partial charge is 0.497 e. The molecule has 0 fully saturated rings. The van der Waals surface area contributed by atoms with E-state index in [1.807, 2.05) is 30.3 Å². The molecule has 134 valence electrons. The first-order valence-electron chi connectivity index (χ1n) is 8.22. The molecule has 0 saturated heterocycles. The second-order valence-corrected chi connectivity index (χ2v) is 6.23. The Hall–Kier alpha value is -2.53. The number of aliphatic hydroxyl groups is 1. The number of amides is 1. The Morgan fingerprint density at radius 1 is 1.12 bits per heavy atom. The van der Waals surface area contributed by atoms with Crippen molar-refractivity contribution in [3.05, 3.63) is 59.7 Å². The highest BCUT2D eigenvalue weighted by Crippen LogP contribution is 2.24. The summed E-state index contributed by atoms with van der Waals surface area (Å²) >= 11 is 0. The van der Waals surface area contributed by atoms with Crippen molar-refractivity contribution in [2.24, 2.45) is 0 Å². The van der Waals surface area contributed by atoms with Gasteiger partial charge in [0.25, 0.3) is 5.91 Å². The Bertz CT molecular complexity index is 698. The van der Waals surface area contributed by atoms with Crippen molar-refractivity contribution in [3.63, 3.8) is 0 Å². The van der Waals surface area contributed by atoms with Crippen molar-refractivity contribution >= 4 is 5.91 Å². The lowest BCUT2D eigenvalue weighted by Crippen LogP contribution is -2.41. The summed E-state index contributed by atoms with van der Waals surface area (Å²) in [4.78, 5) is 12.4. The van der Waals surface area contributed by atoms with E-state index >= 15 is 0 Å². The standard InChI is InChI=1S/C20H25NO4/c1-20(23,12-11-15-7-5-4-6-8-15)14-21-19(22)17-10-9-16(24-2)13-18(17)25-3/h4-10,13,23H,11-12,14H2,1-3H3,(H,21,22). The van der Waals surface area contributed by atoms with Gasteiger partial charge in [-0.25, -0.2) is 0 Å². The van der Waals surface area contributed by atoms with Gasteiger partial charge in [0.2, 0.25) is 0 Å². The summed E-state index contributed by atoms with van der Waals surface area (Å²) in [5, 5.41) is 13.3. The Morgan fingerprint density at radius 2 is 1.84 bits per heavy atom. The molecule has 5 heteroatoms. The number of ether oxygens (including phenoxy) is 2. The monoisotopic (exact) mass is 343 g/mol. The maximum Gasteiger partial charge on any atom is 0.255 e. The van der Waals surface area contributed by atoms with Gasteiger partial charge in [-0.15, -0.1) is 0 Å². The van der Waals surface area contributed by atoms with Crippen LogP contribution in [0.5, 0.6) is 11.5 Å². The minimum atomic E-state index is -0.995. The number of nitrogens with one attached hydrogen (secondary N) is 1. The highest BCUT2D eigenvalue weighted by molar-refractivity contribution is 5.97. The van der Waals surface area contributed by atoms with Crippen molar-refractivity contribution < 1.29 is 19.4 Å². The van der Waals surface area contributed by atoms with Crippen LogP contribution in [0, 0.1) is 0 Å². The Kier molecular flexibility index (Phi) is 6.42. The molecule has 0 saturated carbocycles. The number of benzene rings is 2. The molecule has 0 heterocycles. The van der Waals surface area contributed by atoms with Crippen LogP contribution in [-0.4, -0.2) is 37.4 Å². The summed E-state index contributed by atoms with van der Waals surface area (Å²) < 4.78 is 10.4. The van der Waals surface area contributed by atoms with Crippen LogP contribution in [-0.2, 0) is 6.42 Å². The van der Waals surface area contributed by atoms with Crippen LogP contribution in [0.15, 0.2) is 48.5 Å². The second-order valence-electron chi connectivity index (χ2n) is 6.23. The van der Waals surface area contributed by atoms with E-state index < -0.39 is 5.60 Å². The molecule has 2 rings (SSSR count). The van der Waals surface area contributed by atoms with Gasteiger partial charge >= 0.3 is 0 Å². The molecule has 0 bridgehead atoms. The van der Waals surface area contributed by atoms with Crippen molar-refractivity contribution in [2.75, 3.05) is 20.8 Å². The third-order valence-electron chi connectivity index (χ3n) is 4.08. The molecule has 0 aliphatic rings. The molecule has 0 spiro atoms. The molecule has 1 atom stereocenters. The molecule has 0 aliphatic carbocycles. The minimum absolute atomic E-state index is 0.161. The van der Waals surface area contributed by atoms with Crippen LogP contribution in [0.1, 0.15) is 29.3 Å². The maximum absolute atomic E-state index is 12.4. The summed E-state index contributed by atoms with van der Waals surface area (Å²) in [6.45, 7) is 1.88. The highest BCUT2D eigenvalue weighted by Gasteiger charge is 2.22. The molecule has 5 nitrogen and oxygen atoms in total. The maximum atomic E-state index is 12.4. The van der Waals surface area contributed by atoms with Crippen molar-refractivity contribution in [3.8, 4) is 11.5 Å². The zero-order valence-electron chi connectivity index (χ0n) is 14.9. The zero-order chi connectivity index (χ0) is 18.3. The first-order chi connectivity index (χ1) is 11.9. The second kappa shape index (κ2) is 8.53. The lowest BCUT2D eigenvalue weighted by Gasteiger charge is -2.24. The van der Waals surface area contributed by atoms with Gasteiger partial charge < -0.3 is 19.9 Å². The van der Waals surface area contributed by atoms with E-state index in [-0.39, 0.29) is 12.5 Å². The molecule has 0 radical (unpaired) electrons. The van der Waals surface area contributed by atoms with E-state index in [2.05, 4.69) is 5.32 Å². The number of carbonyl (C=O) groups is 1. The van der Waals surface area contributed by atoms with Crippen LogP contribution >= 0.6 is 0 Å². The van der Waals surface area contributed by atoms with E-state index in [0.29, 0.717) is 23.5 Å². The van der Waals surface area contributed by atoms with Gasteiger partial charge in [-0.3, -0.25) is 4.79 Å². The molecule has 0 aliphatic heterocycles. The number of aryl methyl sites for hydroxylation is 1. The van der Waals surface area contributed by atoms with E-state index in [9.17, 15) is 9.90 Å². The topological polar surface area (TPSA) is 67.8 Å². The van der Waals surface area contributed by atoms with E-state index in [1.165, 1.54) is 7.11 Å². The lowest BCUT2D eigenvalue weighted by molar-refractivity contribution is 0.0478. The normalized spacial score (nSPS) is 13.0. The first kappa shape index (κ1) is 18.8. The third kappa shape index (κ3) is 5.50. The van der Waals surface area contributed by atoms with Crippen molar-refractivity contribution in [2.45, 2.75) is 25.4 Å². The summed E-state index contributed by atoms with van der Waals surface area (Å²) in [6.07, 6.45) is 1.30. The van der Waals surface area contributed by atoms with Crippen LogP contribution in [0.2, 0.25) is 0 Å². The lowest BCUT2D eigenvalue weighted by atomic mass is 9.96. The van der Waals surface area contributed by atoms with E-state index in [4.69, 9.17) is 9.47 Å². The van der Waals surface area contributed by atoms with Gasteiger partial charge in [-0.1, -0.05) is 30.3 Å². The van der Waals surface area contributed by atoms with Gasteiger partial charge in [0.1, 0.15) is 11.5 Å². The fourth-order valence-corrected chi connectivity index (χ4v) is 2.50. The van der Waals surface area contributed by atoms with Crippen molar-refractivity contribution in [1.82, 2.24) is 5.32 Å². The minimum Gasteiger partial charge on any atom is -0.497 e. The molecule has 0 aromatic heterocycles. The number of carbonyl (C=O) groups excluding carboxylic acids is 1. The van der Waals surface area contributed by atoms with Gasteiger partial charge in [0.15, 0.2) is 0 Å². The van der Waals surface area contributed by atoms with Gasteiger partial charge in [-0.2, -0.15) is 0 Å². The van der Waals surface area contributed by atoms with E-state index in [0.717, 1.165) is 12.0 Å².